The minimum atomic E-state index is -3.66. The number of sulfonamides is 1. The molecular formula is C11H15NO4S. The second-order valence-corrected chi connectivity index (χ2v) is 5.41. The summed E-state index contributed by atoms with van der Waals surface area (Å²) >= 11 is 0. The summed E-state index contributed by atoms with van der Waals surface area (Å²) in [6.45, 7) is 3.36. The highest BCUT2D eigenvalue weighted by Gasteiger charge is 2.15. The highest BCUT2D eigenvalue weighted by Crippen LogP contribution is 2.14. The molecule has 0 amide bonds. The fourth-order valence-corrected chi connectivity index (χ4v) is 2.24. The number of methoxy groups -OCH3 is 1. The number of nitrogens with one attached hydrogen (secondary N) is 1. The van der Waals surface area contributed by atoms with Crippen molar-refractivity contribution in [3.05, 3.63) is 29.3 Å². The first kappa shape index (κ1) is 13.7. The minimum absolute atomic E-state index is 0.143. The molecule has 0 heterocycles. The molecule has 6 heteroatoms. The highest BCUT2D eigenvalue weighted by atomic mass is 32.2. The fraction of sp³-hybridized carbons (Fsp3) is 0.364. The van der Waals surface area contributed by atoms with Crippen LogP contribution >= 0.6 is 0 Å². The molecule has 0 radical (unpaired) electrons. The second-order valence-electron chi connectivity index (χ2n) is 3.65. The van der Waals surface area contributed by atoms with Crippen LogP contribution in [-0.4, -0.2) is 28.0 Å². The number of hydrogen-bond acceptors (Lipinski definition) is 4. The average Bonchev–Trinajstić information content (AvgIpc) is 2.29. The van der Waals surface area contributed by atoms with E-state index in [0.29, 0.717) is 0 Å². The van der Waals surface area contributed by atoms with Gasteiger partial charge in [0.05, 0.1) is 12.0 Å². The van der Waals surface area contributed by atoms with Crippen LogP contribution in [0.4, 0.5) is 0 Å². The van der Waals surface area contributed by atoms with Gasteiger partial charge < -0.3 is 4.74 Å². The Bertz CT molecular complexity index is 522. The van der Waals surface area contributed by atoms with Gasteiger partial charge in [-0.25, -0.2) is 8.42 Å². The molecule has 0 aliphatic heterocycles. The molecule has 0 saturated carbocycles. The number of carbonyl (C=O) groups excluding carboxylic acids is 1. The van der Waals surface area contributed by atoms with Crippen molar-refractivity contribution in [2.75, 3.05) is 13.7 Å². The van der Waals surface area contributed by atoms with Gasteiger partial charge in [-0.15, -0.1) is 0 Å². The van der Waals surface area contributed by atoms with E-state index in [2.05, 4.69) is 9.46 Å². The van der Waals surface area contributed by atoms with Crippen molar-refractivity contribution in [1.82, 2.24) is 4.72 Å². The molecule has 1 N–H and O–H groups in total. The summed E-state index contributed by atoms with van der Waals surface area (Å²) in [5.41, 5.74) is 1.89. The summed E-state index contributed by atoms with van der Waals surface area (Å²) in [7, 11) is -2.45. The fourth-order valence-electron chi connectivity index (χ4n) is 1.19. The van der Waals surface area contributed by atoms with Crippen molar-refractivity contribution < 1.29 is 17.9 Å². The quantitative estimate of drug-likeness (QED) is 0.808. The zero-order chi connectivity index (χ0) is 13.1. The second kappa shape index (κ2) is 5.29. The van der Waals surface area contributed by atoms with Gasteiger partial charge in [0, 0.05) is 0 Å². The molecular weight excluding hydrogens is 242 g/mol. The third-order valence-electron chi connectivity index (χ3n) is 2.42. The number of hydrogen-bond donors (Lipinski definition) is 1. The highest BCUT2D eigenvalue weighted by molar-refractivity contribution is 7.89. The van der Waals surface area contributed by atoms with E-state index in [9.17, 15) is 13.2 Å². The van der Waals surface area contributed by atoms with Crippen LogP contribution < -0.4 is 4.72 Å². The van der Waals surface area contributed by atoms with E-state index in [-0.39, 0.29) is 11.4 Å². The molecule has 0 unspecified atom stereocenters. The Hall–Kier alpha value is -1.40. The lowest BCUT2D eigenvalue weighted by molar-refractivity contribution is -0.139. The van der Waals surface area contributed by atoms with E-state index in [4.69, 9.17) is 0 Å². The number of esters is 1. The maximum atomic E-state index is 11.8. The van der Waals surface area contributed by atoms with Crippen molar-refractivity contribution in [2.45, 2.75) is 18.7 Å². The van der Waals surface area contributed by atoms with Gasteiger partial charge in [-0.2, -0.15) is 4.72 Å². The lowest BCUT2D eigenvalue weighted by atomic mass is 10.1. The van der Waals surface area contributed by atoms with Crippen LogP contribution in [0, 0.1) is 13.8 Å². The lowest BCUT2D eigenvalue weighted by Gasteiger charge is -2.07. The molecule has 94 valence electrons. The number of benzene rings is 1. The standard InChI is InChI=1S/C11H15NO4S/c1-8-4-5-10(6-9(8)2)17(14,15)12-7-11(13)16-3/h4-6,12H,7H2,1-3H3. The molecule has 1 aromatic carbocycles. The molecule has 0 fully saturated rings. The molecule has 5 nitrogen and oxygen atoms in total. The summed E-state index contributed by atoms with van der Waals surface area (Å²) in [5.74, 6) is -0.627. The van der Waals surface area contributed by atoms with Crippen LogP contribution in [0.25, 0.3) is 0 Å². The van der Waals surface area contributed by atoms with Gasteiger partial charge in [-0.05, 0) is 37.1 Å². The Morgan fingerprint density at radius 3 is 2.47 bits per heavy atom. The van der Waals surface area contributed by atoms with Crippen molar-refractivity contribution >= 4 is 16.0 Å². The van der Waals surface area contributed by atoms with Gasteiger partial charge in [-0.3, -0.25) is 4.79 Å². The minimum Gasteiger partial charge on any atom is -0.468 e. The van der Waals surface area contributed by atoms with Gasteiger partial charge in [0.15, 0.2) is 0 Å². The maximum Gasteiger partial charge on any atom is 0.320 e. The lowest BCUT2D eigenvalue weighted by Crippen LogP contribution is -2.30. The zero-order valence-corrected chi connectivity index (χ0v) is 10.8. The first-order valence-electron chi connectivity index (χ1n) is 5.00. The number of carbonyl (C=O) groups is 1. The number of aryl methyl sites for hydroxylation is 2. The summed E-state index contributed by atoms with van der Waals surface area (Å²) in [5, 5.41) is 0. The molecule has 0 atom stereocenters. The molecule has 0 aromatic heterocycles. The van der Waals surface area contributed by atoms with Crippen LogP contribution in [0.3, 0.4) is 0 Å². The predicted octanol–water partition coefficient (Wildman–Crippen LogP) is 0.755. The SMILES string of the molecule is COC(=O)CNS(=O)(=O)c1ccc(C)c(C)c1. The monoisotopic (exact) mass is 257 g/mol. The van der Waals surface area contributed by atoms with Crippen LogP contribution in [0.5, 0.6) is 0 Å². The maximum absolute atomic E-state index is 11.8. The normalized spacial score (nSPS) is 11.2. The van der Waals surface area contributed by atoms with Crippen LogP contribution in [0.1, 0.15) is 11.1 Å². The molecule has 1 aromatic rings. The molecule has 1 rings (SSSR count). The third kappa shape index (κ3) is 3.54. The van der Waals surface area contributed by atoms with E-state index in [1.807, 2.05) is 13.8 Å². The van der Waals surface area contributed by atoms with E-state index in [1.54, 1.807) is 12.1 Å². The van der Waals surface area contributed by atoms with Crippen LogP contribution in [-0.2, 0) is 19.6 Å². The Balaban J connectivity index is 2.90. The van der Waals surface area contributed by atoms with E-state index >= 15 is 0 Å². The summed E-state index contributed by atoms with van der Waals surface area (Å²) in [4.78, 5) is 11.0. The average molecular weight is 257 g/mol. The summed E-state index contributed by atoms with van der Waals surface area (Å²) in [6, 6.07) is 4.79. The molecule has 17 heavy (non-hydrogen) atoms. The van der Waals surface area contributed by atoms with E-state index in [1.165, 1.54) is 13.2 Å². The molecule has 0 aliphatic rings. The van der Waals surface area contributed by atoms with Gasteiger partial charge in [0.2, 0.25) is 10.0 Å². The number of ether oxygens (including phenoxy) is 1. The van der Waals surface area contributed by atoms with Gasteiger partial charge in [-0.1, -0.05) is 6.07 Å². The van der Waals surface area contributed by atoms with Gasteiger partial charge in [0.1, 0.15) is 6.54 Å². The summed E-state index contributed by atoms with van der Waals surface area (Å²) < 4.78 is 30.1. The van der Waals surface area contributed by atoms with E-state index < -0.39 is 16.0 Å². The van der Waals surface area contributed by atoms with Crippen molar-refractivity contribution in [1.29, 1.82) is 0 Å². The molecule has 0 saturated heterocycles. The first-order chi connectivity index (χ1) is 7.86. The Morgan fingerprint density at radius 1 is 1.29 bits per heavy atom. The van der Waals surface area contributed by atoms with Crippen molar-refractivity contribution in [3.8, 4) is 0 Å². The molecule has 0 aliphatic carbocycles. The van der Waals surface area contributed by atoms with E-state index in [0.717, 1.165) is 11.1 Å². The van der Waals surface area contributed by atoms with Crippen LogP contribution in [0.2, 0.25) is 0 Å². The smallest absolute Gasteiger partial charge is 0.320 e. The molecule has 0 bridgehead atoms. The largest absolute Gasteiger partial charge is 0.468 e. The van der Waals surface area contributed by atoms with Crippen LogP contribution in [0.15, 0.2) is 23.1 Å². The Kier molecular flexibility index (Phi) is 4.25. The van der Waals surface area contributed by atoms with Gasteiger partial charge in [0.25, 0.3) is 0 Å². The van der Waals surface area contributed by atoms with Gasteiger partial charge >= 0.3 is 5.97 Å². The third-order valence-corrected chi connectivity index (χ3v) is 3.82. The first-order valence-corrected chi connectivity index (χ1v) is 6.49. The Labute approximate surface area is 101 Å². The zero-order valence-electron chi connectivity index (χ0n) is 9.98. The number of rotatable bonds is 4. The topological polar surface area (TPSA) is 72.5 Å². The Morgan fingerprint density at radius 2 is 1.94 bits per heavy atom. The van der Waals surface area contributed by atoms with Crippen molar-refractivity contribution in [3.63, 3.8) is 0 Å². The van der Waals surface area contributed by atoms with Crippen molar-refractivity contribution in [2.24, 2.45) is 0 Å². The predicted molar refractivity (Wildman–Crippen MR) is 63.1 cm³/mol. The molecule has 0 spiro atoms. The summed E-state index contributed by atoms with van der Waals surface area (Å²) in [6.07, 6.45) is 0.